The van der Waals surface area contributed by atoms with Gasteiger partial charge in [0.25, 0.3) is 0 Å². The Balaban J connectivity index is 3.65. The SMILES string of the molecule is CC(CC(=O)NN)SCCS(C)(=O)=O. The zero-order valence-electron chi connectivity index (χ0n) is 8.32. The molecular weight excluding hydrogens is 224 g/mol. The maximum absolute atomic E-state index is 10.8. The van der Waals surface area contributed by atoms with E-state index in [0.29, 0.717) is 12.2 Å². The van der Waals surface area contributed by atoms with E-state index in [1.807, 2.05) is 12.3 Å². The summed E-state index contributed by atoms with van der Waals surface area (Å²) in [5.41, 5.74) is 2.03. The van der Waals surface area contributed by atoms with E-state index in [-0.39, 0.29) is 16.9 Å². The molecule has 1 amide bonds. The van der Waals surface area contributed by atoms with E-state index < -0.39 is 9.84 Å². The summed E-state index contributed by atoms with van der Waals surface area (Å²) in [6.45, 7) is 1.86. The summed E-state index contributed by atoms with van der Waals surface area (Å²) in [6.07, 6.45) is 1.51. The Morgan fingerprint density at radius 2 is 2.14 bits per heavy atom. The molecule has 0 heterocycles. The third-order valence-corrected chi connectivity index (χ3v) is 3.87. The number of hydrogen-bond acceptors (Lipinski definition) is 5. The molecular formula is C7H16N2O3S2. The van der Waals surface area contributed by atoms with Crippen LogP contribution in [0.25, 0.3) is 0 Å². The van der Waals surface area contributed by atoms with Crippen LogP contribution in [-0.2, 0) is 14.6 Å². The van der Waals surface area contributed by atoms with Crippen molar-refractivity contribution in [3.8, 4) is 0 Å². The number of carbonyl (C=O) groups is 1. The average Bonchev–Trinajstić information content (AvgIpc) is 2.01. The third-order valence-electron chi connectivity index (χ3n) is 1.49. The fourth-order valence-corrected chi connectivity index (χ4v) is 3.05. The summed E-state index contributed by atoms with van der Waals surface area (Å²) < 4.78 is 21.6. The van der Waals surface area contributed by atoms with Crippen molar-refractivity contribution in [2.24, 2.45) is 5.84 Å². The fourth-order valence-electron chi connectivity index (χ4n) is 0.780. The van der Waals surface area contributed by atoms with Crippen LogP contribution in [0.1, 0.15) is 13.3 Å². The number of nitrogens with one attached hydrogen (secondary N) is 1. The topological polar surface area (TPSA) is 89.3 Å². The Morgan fingerprint density at radius 1 is 1.57 bits per heavy atom. The minimum atomic E-state index is -2.90. The number of hydrazine groups is 1. The normalized spacial score (nSPS) is 13.6. The van der Waals surface area contributed by atoms with Crippen LogP contribution >= 0.6 is 11.8 Å². The number of thioether (sulfide) groups is 1. The Labute approximate surface area is 88.7 Å². The quantitative estimate of drug-likeness (QED) is 0.372. The molecule has 0 spiro atoms. The standard InChI is InChI=1S/C7H16N2O3S2/c1-6(5-7(10)9-8)13-3-4-14(2,11)12/h6H,3-5,8H2,1-2H3,(H,9,10). The highest BCUT2D eigenvalue weighted by molar-refractivity contribution is 8.01. The predicted octanol–water partition coefficient (Wildman–Crippen LogP) is -0.467. The minimum absolute atomic E-state index is 0.0836. The molecule has 5 nitrogen and oxygen atoms in total. The second kappa shape index (κ2) is 6.26. The van der Waals surface area contributed by atoms with Crippen molar-refractivity contribution in [2.45, 2.75) is 18.6 Å². The summed E-state index contributed by atoms with van der Waals surface area (Å²) in [7, 11) is -2.90. The molecule has 0 fully saturated rings. The first-order chi connectivity index (χ1) is 6.35. The maximum Gasteiger partial charge on any atom is 0.234 e. The lowest BCUT2D eigenvalue weighted by atomic mass is 10.3. The number of nitrogens with two attached hydrogens (primary N) is 1. The highest BCUT2D eigenvalue weighted by atomic mass is 32.2. The number of sulfone groups is 1. The van der Waals surface area contributed by atoms with Crippen LogP contribution in [0.3, 0.4) is 0 Å². The van der Waals surface area contributed by atoms with Gasteiger partial charge in [-0.3, -0.25) is 10.2 Å². The van der Waals surface area contributed by atoms with Gasteiger partial charge in [-0.05, 0) is 0 Å². The van der Waals surface area contributed by atoms with Crippen molar-refractivity contribution >= 4 is 27.5 Å². The molecule has 1 unspecified atom stereocenters. The molecule has 0 aromatic heterocycles. The van der Waals surface area contributed by atoms with E-state index in [2.05, 4.69) is 0 Å². The zero-order valence-corrected chi connectivity index (χ0v) is 9.95. The van der Waals surface area contributed by atoms with Gasteiger partial charge in [0.2, 0.25) is 5.91 Å². The molecule has 0 bridgehead atoms. The zero-order chi connectivity index (χ0) is 11.2. The lowest BCUT2D eigenvalue weighted by Gasteiger charge is -2.08. The third kappa shape index (κ3) is 8.33. The van der Waals surface area contributed by atoms with Crippen molar-refractivity contribution < 1.29 is 13.2 Å². The van der Waals surface area contributed by atoms with Crippen molar-refractivity contribution in [3.05, 3.63) is 0 Å². The van der Waals surface area contributed by atoms with Crippen molar-refractivity contribution in [1.82, 2.24) is 5.43 Å². The van der Waals surface area contributed by atoms with Gasteiger partial charge in [0.1, 0.15) is 9.84 Å². The van der Waals surface area contributed by atoms with Crippen LogP contribution < -0.4 is 11.3 Å². The van der Waals surface area contributed by atoms with Gasteiger partial charge in [0.05, 0.1) is 5.75 Å². The van der Waals surface area contributed by atoms with Gasteiger partial charge in [-0.25, -0.2) is 14.3 Å². The number of hydrogen-bond donors (Lipinski definition) is 2. The molecule has 0 saturated carbocycles. The van der Waals surface area contributed by atoms with Crippen LogP contribution in [0.4, 0.5) is 0 Å². The first-order valence-electron chi connectivity index (χ1n) is 4.14. The summed E-state index contributed by atoms with van der Waals surface area (Å²) in [5, 5.41) is 0.0836. The summed E-state index contributed by atoms with van der Waals surface area (Å²) in [6, 6.07) is 0. The fraction of sp³-hybridized carbons (Fsp3) is 0.857. The van der Waals surface area contributed by atoms with E-state index in [0.717, 1.165) is 0 Å². The smallest absolute Gasteiger partial charge is 0.234 e. The minimum Gasteiger partial charge on any atom is -0.294 e. The molecule has 84 valence electrons. The first-order valence-corrected chi connectivity index (χ1v) is 7.25. The van der Waals surface area contributed by atoms with Gasteiger partial charge in [-0.1, -0.05) is 6.92 Å². The van der Waals surface area contributed by atoms with Crippen LogP contribution in [-0.4, -0.2) is 37.3 Å². The maximum atomic E-state index is 10.8. The van der Waals surface area contributed by atoms with Gasteiger partial charge in [-0.15, -0.1) is 0 Å². The average molecular weight is 240 g/mol. The van der Waals surface area contributed by atoms with Gasteiger partial charge in [0, 0.05) is 23.7 Å². The molecule has 0 saturated heterocycles. The van der Waals surface area contributed by atoms with Gasteiger partial charge in [0.15, 0.2) is 0 Å². The molecule has 1 atom stereocenters. The highest BCUT2D eigenvalue weighted by Crippen LogP contribution is 2.13. The lowest BCUT2D eigenvalue weighted by molar-refractivity contribution is -0.121. The Bertz CT molecular complexity index is 277. The van der Waals surface area contributed by atoms with Crippen molar-refractivity contribution in [3.63, 3.8) is 0 Å². The van der Waals surface area contributed by atoms with Crippen LogP contribution in [0.15, 0.2) is 0 Å². The molecule has 14 heavy (non-hydrogen) atoms. The molecule has 0 aromatic rings. The molecule has 0 radical (unpaired) electrons. The number of carbonyl (C=O) groups excluding carboxylic acids is 1. The second-order valence-electron chi connectivity index (χ2n) is 3.08. The molecule has 0 aliphatic rings. The summed E-state index contributed by atoms with van der Waals surface area (Å²) in [4.78, 5) is 10.8. The first kappa shape index (κ1) is 13.7. The lowest BCUT2D eigenvalue weighted by Crippen LogP contribution is -2.31. The van der Waals surface area contributed by atoms with E-state index >= 15 is 0 Å². The van der Waals surface area contributed by atoms with Gasteiger partial charge in [-0.2, -0.15) is 11.8 Å². The predicted molar refractivity (Wildman–Crippen MR) is 58.6 cm³/mol. The number of amides is 1. The summed E-state index contributed by atoms with van der Waals surface area (Å²) >= 11 is 1.45. The Kier molecular flexibility index (Phi) is 6.14. The van der Waals surface area contributed by atoms with Crippen LogP contribution in [0.2, 0.25) is 0 Å². The van der Waals surface area contributed by atoms with E-state index in [4.69, 9.17) is 5.84 Å². The van der Waals surface area contributed by atoms with Gasteiger partial charge < -0.3 is 0 Å². The van der Waals surface area contributed by atoms with Crippen LogP contribution in [0, 0.1) is 0 Å². The molecule has 0 aliphatic heterocycles. The summed E-state index contributed by atoms with van der Waals surface area (Å²) in [5.74, 6) is 5.34. The second-order valence-corrected chi connectivity index (χ2v) is 6.89. The van der Waals surface area contributed by atoms with Crippen molar-refractivity contribution in [2.75, 3.05) is 17.8 Å². The Hall–Kier alpha value is -0.270. The van der Waals surface area contributed by atoms with Crippen LogP contribution in [0.5, 0.6) is 0 Å². The molecule has 0 rings (SSSR count). The highest BCUT2D eigenvalue weighted by Gasteiger charge is 2.09. The van der Waals surface area contributed by atoms with E-state index in [1.165, 1.54) is 18.0 Å². The largest absolute Gasteiger partial charge is 0.294 e. The monoisotopic (exact) mass is 240 g/mol. The Morgan fingerprint density at radius 3 is 2.57 bits per heavy atom. The number of rotatable bonds is 6. The molecule has 0 aliphatic carbocycles. The van der Waals surface area contributed by atoms with Crippen molar-refractivity contribution in [1.29, 1.82) is 0 Å². The van der Waals surface area contributed by atoms with E-state index in [9.17, 15) is 13.2 Å². The van der Waals surface area contributed by atoms with Gasteiger partial charge >= 0.3 is 0 Å². The molecule has 3 N–H and O–H groups in total. The molecule has 7 heteroatoms. The molecule has 0 aromatic carbocycles. The van der Waals surface area contributed by atoms with E-state index in [1.54, 1.807) is 0 Å².